The molecule has 0 unspecified atom stereocenters. The van der Waals surface area contributed by atoms with Crippen molar-refractivity contribution in [3.05, 3.63) is 47.4 Å². The minimum Gasteiger partial charge on any atom is -0.383 e. The molecule has 0 radical (unpaired) electrons. The summed E-state index contributed by atoms with van der Waals surface area (Å²) in [5.41, 5.74) is 4.65. The zero-order valence-corrected chi connectivity index (χ0v) is 15.8. The van der Waals surface area contributed by atoms with E-state index in [1.165, 1.54) is 0 Å². The van der Waals surface area contributed by atoms with E-state index in [2.05, 4.69) is 38.4 Å². The smallest absolute Gasteiger partial charge is 0.319 e. The maximum Gasteiger partial charge on any atom is 0.319 e. The van der Waals surface area contributed by atoms with E-state index < -0.39 is 0 Å². The van der Waals surface area contributed by atoms with E-state index in [9.17, 15) is 4.79 Å². The summed E-state index contributed by atoms with van der Waals surface area (Å²) in [5.74, 6) is 0. The number of methoxy groups -OCH3 is 2. The number of aromatic nitrogens is 3. The highest BCUT2D eigenvalue weighted by Crippen LogP contribution is 2.23. The van der Waals surface area contributed by atoms with Gasteiger partial charge in [-0.2, -0.15) is 5.10 Å². The second kappa shape index (κ2) is 8.70. The second-order valence-corrected chi connectivity index (χ2v) is 6.33. The predicted octanol–water partition coefficient (Wildman–Crippen LogP) is 2.79. The van der Waals surface area contributed by atoms with Crippen molar-refractivity contribution >= 4 is 22.6 Å². The average molecular weight is 371 g/mol. The van der Waals surface area contributed by atoms with Crippen LogP contribution in [0.3, 0.4) is 0 Å². The van der Waals surface area contributed by atoms with Crippen LogP contribution < -0.4 is 10.6 Å². The quantitative estimate of drug-likeness (QED) is 0.568. The van der Waals surface area contributed by atoms with E-state index in [0.717, 1.165) is 40.2 Å². The Morgan fingerprint density at radius 3 is 2.85 bits per heavy atom. The van der Waals surface area contributed by atoms with Gasteiger partial charge in [0.2, 0.25) is 0 Å². The van der Waals surface area contributed by atoms with Gasteiger partial charge in [-0.3, -0.25) is 5.10 Å². The molecule has 3 N–H and O–H groups in total. The fourth-order valence-electron chi connectivity index (χ4n) is 3.04. The molecule has 0 spiro atoms. The zero-order chi connectivity index (χ0) is 19.2. The number of rotatable bonds is 8. The highest BCUT2D eigenvalue weighted by atomic mass is 16.5. The summed E-state index contributed by atoms with van der Waals surface area (Å²) in [6.07, 6.45) is 0. The normalized spacial score (nSPS) is 11.1. The fourth-order valence-corrected chi connectivity index (χ4v) is 3.04. The fraction of sp³-hybridized carbons (Fsp3) is 0.368. The van der Waals surface area contributed by atoms with Crippen molar-refractivity contribution in [2.24, 2.45) is 0 Å². The van der Waals surface area contributed by atoms with Gasteiger partial charge < -0.3 is 24.7 Å². The van der Waals surface area contributed by atoms with Gasteiger partial charge >= 0.3 is 6.03 Å². The zero-order valence-electron chi connectivity index (χ0n) is 15.8. The number of nitrogens with zero attached hydrogens (tertiary/aromatic N) is 2. The number of H-pyrrole nitrogens is 1. The van der Waals surface area contributed by atoms with Crippen molar-refractivity contribution in [3.63, 3.8) is 0 Å². The first kappa shape index (κ1) is 18.9. The third-order valence-corrected chi connectivity index (χ3v) is 4.30. The van der Waals surface area contributed by atoms with Gasteiger partial charge in [0, 0.05) is 43.0 Å². The molecule has 0 saturated carbocycles. The summed E-state index contributed by atoms with van der Waals surface area (Å²) in [7, 11) is 3.31. The minimum absolute atomic E-state index is 0.271. The van der Waals surface area contributed by atoms with Crippen molar-refractivity contribution in [1.29, 1.82) is 0 Å². The SMILES string of the molecule is COCCn1c(C)cc2cc(NC(=O)NCc3cc(COC)n[nH]3)ccc21. The molecule has 144 valence electrons. The molecular formula is C19H25N5O3. The number of aryl methyl sites for hydroxylation is 1. The molecule has 2 aromatic heterocycles. The number of aromatic amines is 1. The van der Waals surface area contributed by atoms with Gasteiger partial charge in [0.1, 0.15) is 0 Å². The molecule has 8 nitrogen and oxygen atoms in total. The summed E-state index contributed by atoms with van der Waals surface area (Å²) in [6, 6.07) is 9.58. The number of urea groups is 1. The molecule has 8 heteroatoms. The Balaban J connectivity index is 1.61. The van der Waals surface area contributed by atoms with Gasteiger partial charge in [-0.15, -0.1) is 0 Å². The highest BCUT2D eigenvalue weighted by Gasteiger charge is 2.08. The summed E-state index contributed by atoms with van der Waals surface area (Å²) in [4.78, 5) is 12.2. The van der Waals surface area contributed by atoms with Crippen molar-refractivity contribution < 1.29 is 14.3 Å². The largest absolute Gasteiger partial charge is 0.383 e. The number of hydrogen-bond donors (Lipinski definition) is 3. The third-order valence-electron chi connectivity index (χ3n) is 4.30. The standard InChI is InChI=1S/C19H25N5O3/c1-13-8-14-9-15(4-5-18(14)24(13)6-7-26-2)21-19(25)20-11-16-10-17(12-27-3)23-22-16/h4-5,8-10H,6-7,11-12H2,1-3H3,(H,22,23)(H2,20,21,25). The van der Waals surface area contributed by atoms with Gasteiger partial charge in [0.15, 0.2) is 0 Å². The Hall–Kier alpha value is -2.84. The lowest BCUT2D eigenvalue weighted by molar-refractivity contribution is 0.181. The summed E-state index contributed by atoms with van der Waals surface area (Å²) in [5, 5.41) is 13.7. The first-order chi connectivity index (χ1) is 13.1. The monoisotopic (exact) mass is 371 g/mol. The molecule has 0 aliphatic heterocycles. The Morgan fingerprint density at radius 2 is 2.07 bits per heavy atom. The Bertz CT molecular complexity index is 915. The first-order valence-corrected chi connectivity index (χ1v) is 8.76. The van der Waals surface area contributed by atoms with Gasteiger partial charge in [0.25, 0.3) is 0 Å². The van der Waals surface area contributed by atoms with Crippen LogP contribution in [-0.4, -0.2) is 41.6 Å². The van der Waals surface area contributed by atoms with Crippen LogP contribution in [0.4, 0.5) is 10.5 Å². The third kappa shape index (κ3) is 4.66. The topological polar surface area (TPSA) is 93.2 Å². The highest BCUT2D eigenvalue weighted by molar-refractivity contribution is 5.93. The van der Waals surface area contributed by atoms with E-state index >= 15 is 0 Å². The Labute approximate surface area is 157 Å². The van der Waals surface area contributed by atoms with E-state index in [1.54, 1.807) is 14.2 Å². The van der Waals surface area contributed by atoms with E-state index in [-0.39, 0.29) is 6.03 Å². The number of carbonyl (C=O) groups is 1. The molecule has 0 aliphatic carbocycles. The van der Waals surface area contributed by atoms with Crippen LogP contribution in [0.15, 0.2) is 30.3 Å². The molecule has 2 amide bonds. The molecule has 3 aromatic rings. The minimum atomic E-state index is -0.271. The number of amides is 2. The second-order valence-electron chi connectivity index (χ2n) is 6.33. The van der Waals surface area contributed by atoms with Crippen LogP contribution in [0.5, 0.6) is 0 Å². The number of nitrogens with one attached hydrogen (secondary N) is 3. The van der Waals surface area contributed by atoms with Crippen LogP contribution in [0.25, 0.3) is 10.9 Å². The predicted molar refractivity (Wildman–Crippen MR) is 104 cm³/mol. The summed E-state index contributed by atoms with van der Waals surface area (Å²) in [6.45, 7) is 4.32. The molecule has 0 atom stereocenters. The Kier molecular flexibility index (Phi) is 6.10. The molecule has 1 aromatic carbocycles. The molecule has 0 bridgehead atoms. The molecule has 3 rings (SSSR count). The molecule has 0 fully saturated rings. The number of ether oxygens (including phenoxy) is 2. The number of fused-ring (bicyclic) bond motifs is 1. The van der Waals surface area contributed by atoms with E-state index in [0.29, 0.717) is 19.8 Å². The summed E-state index contributed by atoms with van der Waals surface area (Å²) >= 11 is 0. The number of anilines is 1. The van der Waals surface area contributed by atoms with Crippen molar-refractivity contribution in [3.8, 4) is 0 Å². The van der Waals surface area contributed by atoms with Crippen molar-refractivity contribution in [2.45, 2.75) is 26.6 Å². The molecule has 0 aliphatic rings. The van der Waals surface area contributed by atoms with Crippen LogP contribution in [0.2, 0.25) is 0 Å². The van der Waals surface area contributed by atoms with Crippen LogP contribution >= 0.6 is 0 Å². The molecule has 2 heterocycles. The lowest BCUT2D eigenvalue weighted by Crippen LogP contribution is -2.28. The van der Waals surface area contributed by atoms with Crippen LogP contribution in [0, 0.1) is 6.92 Å². The van der Waals surface area contributed by atoms with Gasteiger partial charge in [0.05, 0.1) is 31.1 Å². The van der Waals surface area contributed by atoms with E-state index in [1.807, 2.05) is 24.3 Å². The lowest BCUT2D eigenvalue weighted by atomic mass is 10.2. The number of carbonyl (C=O) groups excluding carboxylic acids is 1. The van der Waals surface area contributed by atoms with E-state index in [4.69, 9.17) is 9.47 Å². The number of hydrogen-bond acceptors (Lipinski definition) is 4. The van der Waals surface area contributed by atoms with Crippen molar-refractivity contribution in [1.82, 2.24) is 20.1 Å². The number of benzene rings is 1. The van der Waals surface area contributed by atoms with Crippen molar-refractivity contribution in [2.75, 3.05) is 26.1 Å². The van der Waals surface area contributed by atoms with Crippen LogP contribution in [-0.2, 0) is 29.2 Å². The Morgan fingerprint density at radius 1 is 1.22 bits per heavy atom. The maximum atomic E-state index is 12.2. The first-order valence-electron chi connectivity index (χ1n) is 8.76. The van der Waals surface area contributed by atoms with Crippen LogP contribution in [0.1, 0.15) is 17.1 Å². The molecule has 27 heavy (non-hydrogen) atoms. The average Bonchev–Trinajstić information content (AvgIpc) is 3.22. The maximum absolute atomic E-state index is 12.2. The van der Waals surface area contributed by atoms with Gasteiger partial charge in [-0.25, -0.2) is 4.79 Å². The molecular weight excluding hydrogens is 346 g/mol. The van der Waals surface area contributed by atoms with Gasteiger partial charge in [-0.05, 0) is 37.3 Å². The lowest BCUT2D eigenvalue weighted by Gasteiger charge is -2.09. The van der Waals surface area contributed by atoms with Gasteiger partial charge in [-0.1, -0.05) is 0 Å². The summed E-state index contributed by atoms with van der Waals surface area (Å²) < 4.78 is 12.4. The molecule has 0 saturated heterocycles.